The molecule has 1 spiro atoms. The Kier molecular flexibility index (Phi) is 28.2. The van der Waals surface area contributed by atoms with Crippen molar-refractivity contribution in [3.8, 4) is 0 Å². The summed E-state index contributed by atoms with van der Waals surface area (Å²) in [6.07, 6.45) is 0.578. The molecule has 0 unspecified atom stereocenters. The number of cyclic esters (lactones) is 1. The standard InChI is InChI=1S/C61H94N12O15/c1-12-31(5)45(68-51(78)40(63-11)23-21-37-20-22-38-18-16-17-19-39(38)28-37)55(82)66-42(29-74)53(80)65-41(24-25-44(62)76)52(79)69-47(33(7)14-3)57(84)70-46(32(6)13-2)56(83)67-43(30-75)54(81)71-49-36(10)88-59(86)48(34(8)15-4)72-60(87)61(26-27-61)73-50(77)35(9)64-58(49)85/h16-20,22,28,31-36,40-43,45-49,63,74-75H,12-15,21,23-27,29-30H2,1-11H3,(H2,62,76)(H,64,85)(H,65,80)(H,66,82)(H,67,83)(H,68,78)(H,69,79)(H,70,84)(H,71,81)(H,72,87)(H,73,77)/t31-,32-,33-,34-,35-,36-,40+,41+,42-,43-,45-,46-,47+,48-,49+/m0/s1. The zero-order valence-corrected chi connectivity index (χ0v) is 52.5. The van der Waals surface area contributed by atoms with Gasteiger partial charge in [0.2, 0.25) is 65.0 Å². The van der Waals surface area contributed by atoms with Gasteiger partial charge in [0.1, 0.15) is 66.0 Å². The van der Waals surface area contributed by atoms with Crippen molar-refractivity contribution in [3.63, 3.8) is 0 Å². The quantitative estimate of drug-likeness (QED) is 0.0393. The Bertz CT molecular complexity index is 2820. The predicted molar refractivity (Wildman–Crippen MR) is 324 cm³/mol. The molecule has 11 amide bonds. The van der Waals surface area contributed by atoms with E-state index in [1.54, 1.807) is 62.4 Å². The fourth-order valence-electron chi connectivity index (χ4n) is 9.88. The monoisotopic (exact) mass is 1230 g/mol. The van der Waals surface area contributed by atoms with Crippen LogP contribution in [-0.4, -0.2) is 173 Å². The summed E-state index contributed by atoms with van der Waals surface area (Å²) in [5.41, 5.74) is 5.17. The normalized spacial score (nSPS) is 21.4. The highest BCUT2D eigenvalue weighted by molar-refractivity contribution is 6.01. The van der Waals surface area contributed by atoms with Crippen LogP contribution in [0.5, 0.6) is 0 Å². The predicted octanol–water partition coefficient (Wildman–Crippen LogP) is -1.23. The molecule has 2 aromatic rings. The lowest BCUT2D eigenvalue weighted by molar-refractivity contribution is -0.157. The summed E-state index contributed by atoms with van der Waals surface area (Å²) in [7, 11) is 1.62. The lowest BCUT2D eigenvalue weighted by Crippen LogP contribution is -2.63. The smallest absolute Gasteiger partial charge is 0.329 e. The fourth-order valence-corrected chi connectivity index (χ4v) is 9.88. The number of esters is 1. The maximum Gasteiger partial charge on any atom is 0.329 e. The molecular weight excluding hydrogens is 1140 g/mol. The molecule has 2 aliphatic rings. The third-order valence-electron chi connectivity index (χ3n) is 16.9. The molecule has 27 heteroatoms. The van der Waals surface area contributed by atoms with Gasteiger partial charge in [-0.05, 0) is 93.0 Å². The van der Waals surface area contributed by atoms with E-state index in [0.29, 0.717) is 25.7 Å². The molecule has 0 bridgehead atoms. The van der Waals surface area contributed by atoms with E-state index in [-0.39, 0.29) is 25.7 Å². The summed E-state index contributed by atoms with van der Waals surface area (Å²) >= 11 is 0. The minimum absolute atomic E-state index is 0.266. The van der Waals surface area contributed by atoms with E-state index in [9.17, 15) is 67.7 Å². The first-order valence-corrected chi connectivity index (χ1v) is 30.5. The van der Waals surface area contributed by atoms with Crippen LogP contribution in [0.15, 0.2) is 42.5 Å². The van der Waals surface area contributed by atoms with E-state index in [1.165, 1.54) is 13.8 Å². The minimum atomic E-state index is -1.80. The number of fused-ring (bicyclic) bond motifs is 1. The van der Waals surface area contributed by atoms with Crippen molar-refractivity contribution in [2.45, 2.75) is 206 Å². The van der Waals surface area contributed by atoms with Crippen LogP contribution < -0.4 is 64.2 Å². The number of hydrogen-bond acceptors (Lipinski definition) is 16. The summed E-state index contributed by atoms with van der Waals surface area (Å²) < 4.78 is 5.69. The number of nitrogens with one attached hydrogen (secondary N) is 11. The third-order valence-corrected chi connectivity index (χ3v) is 16.9. The van der Waals surface area contributed by atoms with E-state index in [2.05, 4.69) is 64.6 Å². The Labute approximate surface area is 514 Å². The average Bonchev–Trinajstić information content (AvgIpc) is 4.21. The molecule has 1 heterocycles. The Morgan fingerprint density at radius 1 is 0.614 bits per heavy atom. The molecule has 2 aromatic carbocycles. The van der Waals surface area contributed by atoms with Crippen LogP contribution in [0.4, 0.5) is 0 Å². The van der Waals surface area contributed by atoms with Gasteiger partial charge in [-0.2, -0.15) is 0 Å². The van der Waals surface area contributed by atoms with Crippen LogP contribution >= 0.6 is 0 Å². The van der Waals surface area contributed by atoms with Crippen molar-refractivity contribution < 1.29 is 72.5 Å². The Morgan fingerprint density at radius 2 is 1.10 bits per heavy atom. The Morgan fingerprint density at radius 3 is 1.60 bits per heavy atom. The first kappa shape index (κ1) is 72.7. The van der Waals surface area contributed by atoms with Gasteiger partial charge in [-0.15, -0.1) is 0 Å². The van der Waals surface area contributed by atoms with Gasteiger partial charge < -0.3 is 79.2 Å². The highest BCUT2D eigenvalue weighted by Gasteiger charge is 2.53. The van der Waals surface area contributed by atoms with Crippen LogP contribution in [0.2, 0.25) is 0 Å². The summed E-state index contributed by atoms with van der Waals surface area (Å²) in [4.78, 5) is 165. The molecule has 88 heavy (non-hydrogen) atoms. The number of aliphatic hydroxyl groups excluding tert-OH is 2. The van der Waals surface area contributed by atoms with Crippen LogP contribution in [0.3, 0.4) is 0 Å². The van der Waals surface area contributed by atoms with Crippen molar-refractivity contribution >= 4 is 81.7 Å². The second-order valence-electron chi connectivity index (χ2n) is 23.5. The number of carbonyl (C=O) groups is 12. The van der Waals surface area contributed by atoms with Gasteiger partial charge in [0.25, 0.3) is 0 Å². The van der Waals surface area contributed by atoms with Crippen molar-refractivity contribution in [2.24, 2.45) is 29.4 Å². The van der Waals surface area contributed by atoms with Gasteiger partial charge in [0.15, 0.2) is 0 Å². The number of ether oxygens (including phenoxy) is 1. The number of aryl methyl sites for hydroxylation is 1. The second-order valence-corrected chi connectivity index (χ2v) is 23.5. The minimum Gasteiger partial charge on any atom is -0.458 e. The highest BCUT2D eigenvalue weighted by atomic mass is 16.5. The molecule has 4 rings (SSSR count). The number of aliphatic hydroxyl groups is 2. The molecule has 1 aliphatic carbocycles. The summed E-state index contributed by atoms with van der Waals surface area (Å²) in [6, 6.07) is -0.0859. The maximum absolute atomic E-state index is 14.4. The lowest BCUT2D eigenvalue weighted by Gasteiger charge is -2.31. The third kappa shape index (κ3) is 20.1. The van der Waals surface area contributed by atoms with Gasteiger partial charge in [0.05, 0.1) is 19.3 Å². The topological polar surface area (TPSA) is 413 Å². The SMILES string of the molecule is CC[C@H](C)[C@H](NC(=O)[C@@H](CCc1ccc2ccccc2c1)NC)C(=O)N[C@@H](CO)C(=O)N[C@H](CCC(N)=O)C(=O)N[C@@H](C(=O)N[C@H](C(=O)N[C@@H](CO)C(=O)N[C@H]1C(=O)N[C@@H](C)C(=O)NC2(CC2)C(=O)N[C@@H]([C@@H](C)CC)C(=O)O[C@H]1C)[C@@H](C)CC)[C@@H](C)CC. The van der Waals surface area contributed by atoms with Gasteiger partial charge in [-0.3, -0.25) is 52.7 Å². The number of amides is 11. The molecule has 27 nitrogen and oxygen atoms in total. The number of carbonyl (C=O) groups excluding carboxylic acids is 12. The van der Waals surface area contributed by atoms with Crippen molar-refractivity contribution in [3.05, 3.63) is 48.0 Å². The lowest BCUT2D eigenvalue weighted by atomic mass is 9.94. The molecule has 0 radical (unpaired) electrons. The zero-order chi connectivity index (χ0) is 65.7. The van der Waals surface area contributed by atoms with Crippen LogP contribution in [0.25, 0.3) is 10.8 Å². The number of nitrogens with two attached hydrogens (primary N) is 1. The number of primary amides is 1. The van der Waals surface area contributed by atoms with E-state index in [4.69, 9.17) is 10.5 Å². The molecule has 0 aromatic heterocycles. The van der Waals surface area contributed by atoms with E-state index in [1.807, 2.05) is 36.4 Å². The number of benzene rings is 2. The van der Waals surface area contributed by atoms with Gasteiger partial charge in [-0.1, -0.05) is 124 Å². The first-order valence-electron chi connectivity index (χ1n) is 30.5. The molecule has 488 valence electrons. The summed E-state index contributed by atoms with van der Waals surface area (Å²) in [6.45, 7) is 14.3. The summed E-state index contributed by atoms with van der Waals surface area (Å²) in [5, 5.41) is 51.8. The number of rotatable bonds is 31. The van der Waals surface area contributed by atoms with Crippen LogP contribution in [0, 0.1) is 23.7 Å². The van der Waals surface area contributed by atoms with Crippen LogP contribution in [0.1, 0.15) is 133 Å². The van der Waals surface area contributed by atoms with Gasteiger partial charge in [0, 0.05) is 6.42 Å². The maximum atomic E-state index is 14.4. The Balaban J connectivity index is 1.49. The molecule has 15 atom stereocenters. The van der Waals surface area contributed by atoms with E-state index < -0.39 is 193 Å². The molecule has 1 saturated heterocycles. The second kappa shape index (κ2) is 34.1. The van der Waals surface area contributed by atoms with E-state index >= 15 is 0 Å². The number of hydrogen-bond donors (Lipinski definition) is 14. The molecule has 2 fully saturated rings. The zero-order valence-electron chi connectivity index (χ0n) is 52.5. The molecular formula is C61H94N12O15. The van der Waals surface area contributed by atoms with Crippen molar-refractivity contribution in [2.75, 3.05) is 20.3 Å². The first-order chi connectivity index (χ1) is 41.6. The average molecular weight is 1240 g/mol. The van der Waals surface area contributed by atoms with Crippen molar-refractivity contribution in [1.82, 2.24) is 58.5 Å². The number of likely N-dealkylation sites (N-methyl/N-ethyl adjacent to an activating group) is 1. The fraction of sp³-hybridized carbons (Fsp3) is 0.639. The highest BCUT2D eigenvalue weighted by Crippen LogP contribution is 2.36. The summed E-state index contributed by atoms with van der Waals surface area (Å²) in [5.74, 6) is -12.7. The Hall–Kier alpha value is -7.78. The van der Waals surface area contributed by atoms with Crippen molar-refractivity contribution in [1.29, 1.82) is 0 Å². The molecule has 1 aliphatic heterocycles. The molecule has 1 saturated carbocycles. The van der Waals surface area contributed by atoms with E-state index in [0.717, 1.165) is 16.3 Å². The molecule has 15 N–H and O–H groups in total. The van der Waals surface area contributed by atoms with Gasteiger partial charge >= 0.3 is 5.97 Å². The van der Waals surface area contributed by atoms with Crippen LogP contribution in [-0.2, 0) is 68.7 Å². The largest absolute Gasteiger partial charge is 0.458 e. The van der Waals surface area contributed by atoms with Gasteiger partial charge in [-0.25, -0.2) is 4.79 Å².